The van der Waals surface area contributed by atoms with E-state index in [1.807, 2.05) is 42.5 Å². The fourth-order valence-electron chi connectivity index (χ4n) is 2.32. The van der Waals surface area contributed by atoms with Crippen LogP contribution >= 0.6 is 0 Å². The molecule has 3 aromatic rings. The summed E-state index contributed by atoms with van der Waals surface area (Å²) in [6.45, 7) is 0.941. The van der Waals surface area contributed by atoms with Gasteiger partial charge in [0.2, 0.25) is 0 Å². The summed E-state index contributed by atoms with van der Waals surface area (Å²) in [5, 5.41) is 1.96. The first-order chi connectivity index (χ1) is 10.3. The van der Waals surface area contributed by atoms with Gasteiger partial charge in [-0.1, -0.05) is 30.3 Å². The lowest BCUT2D eigenvalue weighted by atomic mass is 10.1. The van der Waals surface area contributed by atoms with Crippen LogP contribution in [0.3, 0.4) is 0 Å². The first kappa shape index (κ1) is 13.2. The first-order valence-electron chi connectivity index (χ1n) is 6.81. The van der Waals surface area contributed by atoms with Crippen LogP contribution in [0.1, 0.15) is 0 Å². The Morgan fingerprint density at radius 3 is 2.52 bits per heavy atom. The summed E-state index contributed by atoms with van der Waals surface area (Å²) in [4.78, 5) is 11.6. The lowest BCUT2D eigenvalue weighted by molar-refractivity contribution is 0.299. The maximum absolute atomic E-state index is 11.6. The molecule has 0 unspecified atom stereocenters. The standard InChI is InChI=1S/C17H16N2O2/c18-15-8-9-16(14-6-2-1-5-13(14)15)21-12-11-19-10-4-3-7-17(19)20/h1-10H,11-12,18H2. The van der Waals surface area contributed by atoms with Crippen molar-refractivity contribution in [2.75, 3.05) is 12.3 Å². The molecule has 0 aliphatic heterocycles. The van der Waals surface area contributed by atoms with Crippen LogP contribution in [0.15, 0.2) is 65.6 Å². The second-order valence-electron chi connectivity index (χ2n) is 4.78. The van der Waals surface area contributed by atoms with Crippen molar-refractivity contribution in [3.63, 3.8) is 0 Å². The molecule has 0 saturated heterocycles. The Kier molecular flexibility index (Phi) is 3.60. The molecule has 0 atom stereocenters. The number of rotatable bonds is 4. The van der Waals surface area contributed by atoms with Gasteiger partial charge in [0.05, 0.1) is 6.54 Å². The molecule has 106 valence electrons. The number of nitrogens with two attached hydrogens (primary N) is 1. The fraction of sp³-hybridized carbons (Fsp3) is 0.118. The van der Waals surface area contributed by atoms with E-state index < -0.39 is 0 Å². The monoisotopic (exact) mass is 280 g/mol. The van der Waals surface area contributed by atoms with E-state index in [1.54, 1.807) is 22.9 Å². The van der Waals surface area contributed by atoms with Crippen molar-refractivity contribution < 1.29 is 4.74 Å². The van der Waals surface area contributed by atoms with Gasteiger partial charge in [-0.25, -0.2) is 0 Å². The number of ether oxygens (including phenoxy) is 1. The minimum atomic E-state index is -0.0248. The zero-order chi connectivity index (χ0) is 14.7. The smallest absolute Gasteiger partial charge is 0.250 e. The summed E-state index contributed by atoms with van der Waals surface area (Å²) in [6.07, 6.45) is 1.76. The summed E-state index contributed by atoms with van der Waals surface area (Å²) in [5.74, 6) is 0.781. The molecule has 21 heavy (non-hydrogen) atoms. The Labute approximate surface area is 122 Å². The van der Waals surface area contributed by atoms with E-state index >= 15 is 0 Å². The summed E-state index contributed by atoms with van der Waals surface area (Å²) in [7, 11) is 0. The zero-order valence-corrected chi connectivity index (χ0v) is 11.5. The number of anilines is 1. The van der Waals surface area contributed by atoms with E-state index in [1.165, 1.54) is 0 Å². The van der Waals surface area contributed by atoms with Crippen molar-refractivity contribution in [3.8, 4) is 5.75 Å². The molecule has 0 radical (unpaired) electrons. The quantitative estimate of drug-likeness (QED) is 0.747. The summed E-state index contributed by atoms with van der Waals surface area (Å²) < 4.78 is 7.44. The first-order valence-corrected chi connectivity index (χ1v) is 6.81. The average molecular weight is 280 g/mol. The average Bonchev–Trinajstić information content (AvgIpc) is 2.52. The Bertz CT molecular complexity index is 824. The van der Waals surface area contributed by atoms with Gasteiger partial charge in [-0.2, -0.15) is 0 Å². The summed E-state index contributed by atoms with van der Waals surface area (Å²) in [5.41, 5.74) is 6.67. The van der Waals surface area contributed by atoms with Gasteiger partial charge >= 0.3 is 0 Å². The molecule has 1 aromatic heterocycles. The zero-order valence-electron chi connectivity index (χ0n) is 11.5. The fourth-order valence-corrected chi connectivity index (χ4v) is 2.32. The number of pyridine rings is 1. The van der Waals surface area contributed by atoms with E-state index in [0.29, 0.717) is 13.2 Å². The molecule has 2 N–H and O–H groups in total. The molecule has 3 rings (SSSR count). The van der Waals surface area contributed by atoms with Crippen LogP contribution in [0.5, 0.6) is 5.75 Å². The normalized spacial score (nSPS) is 10.7. The van der Waals surface area contributed by atoms with Gasteiger partial charge in [0.15, 0.2) is 0 Å². The molecule has 4 nitrogen and oxygen atoms in total. The summed E-state index contributed by atoms with van der Waals surface area (Å²) >= 11 is 0. The molecule has 4 heteroatoms. The largest absolute Gasteiger partial charge is 0.491 e. The Balaban J connectivity index is 1.79. The van der Waals surface area contributed by atoms with Crippen LogP contribution in [0.25, 0.3) is 10.8 Å². The number of benzene rings is 2. The van der Waals surface area contributed by atoms with Gasteiger partial charge < -0.3 is 15.0 Å². The molecular weight excluding hydrogens is 264 g/mol. The highest BCUT2D eigenvalue weighted by atomic mass is 16.5. The molecule has 0 aliphatic rings. The highest BCUT2D eigenvalue weighted by Gasteiger charge is 2.04. The molecule has 0 fully saturated rings. The van der Waals surface area contributed by atoms with E-state index in [0.717, 1.165) is 22.2 Å². The molecule has 0 aliphatic carbocycles. The van der Waals surface area contributed by atoms with Crippen LogP contribution in [0.4, 0.5) is 5.69 Å². The SMILES string of the molecule is Nc1ccc(OCCn2ccccc2=O)c2ccccc12. The third-order valence-corrected chi connectivity index (χ3v) is 3.41. The van der Waals surface area contributed by atoms with E-state index in [-0.39, 0.29) is 5.56 Å². The van der Waals surface area contributed by atoms with Crippen molar-refractivity contribution in [3.05, 3.63) is 71.1 Å². The van der Waals surface area contributed by atoms with Crippen LogP contribution in [-0.2, 0) is 6.54 Å². The molecular formula is C17H16N2O2. The second-order valence-corrected chi connectivity index (χ2v) is 4.78. The van der Waals surface area contributed by atoms with Crippen LogP contribution in [0.2, 0.25) is 0 Å². The minimum Gasteiger partial charge on any atom is -0.491 e. The topological polar surface area (TPSA) is 57.2 Å². The van der Waals surface area contributed by atoms with E-state index in [4.69, 9.17) is 10.5 Å². The lowest BCUT2D eigenvalue weighted by Gasteiger charge is -2.11. The van der Waals surface area contributed by atoms with Gasteiger partial charge in [0.25, 0.3) is 5.56 Å². The predicted octanol–water partition coefficient (Wildman–Crippen LogP) is 2.66. The number of aromatic nitrogens is 1. The maximum atomic E-state index is 11.6. The van der Waals surface area contributed by atoms with Crippen molar-refractivity contribution in [1.82, 2.24) is 4.57 Å². The molecule has 1 heterocycles. The minimum absolute atomic E-state index is 0.0248. The Morgan fingerprint density at radius 2 is 1.71 bits per heavy atom. The number of nitrogen functional groups attached to an aromatic ring is 1. The van der Waals surface area contributed by atoms with Crippen molar-refractivity contribution in [2.24, 2.45) is 0 Å². The molecule has 2 aromatic carbocycles. The molecule has 0 saturated carbocycles. The third-order valence-electron chi connectivity index (χ3n) is 3.41. The molecule has 0 bridgehead atoms. The Morgan fingerprint density at radius 1 is 0.952 bits per heavy atom. The third kappa shape index (κ3) is 2.74. The lowest BCUT2D eigenvalue weighted by Crippen LogP contribution is -2.21. The number of hydrogen-bond acceptors (Lipinski definition) is 3. The van der Waals surface area contributed by atoms with Gasteiger partial charge in [-0.3, -0.25) is 4.79 Å². The van der Waals surface area contributed by atoms with Crippen LogP contribution < -0.4 is 16.0 Å². The summed E-state index contributed by atoms with van der Waals surface area (Å²) in [6, 6.07) is 16.7. The van der Waals surface area contributed by atoms with Crippen LogP contribution in [-0.4, -0.2) is 11.2 Å². The number of fused-ring (bicyclic) bond motifs is 1. The van der Waals surface area contributed by atoms with Gasteiger partial charge in [-0.05, 0) is 18.2 Å². The van der Waals surface area contributed by atoms with Crippen LogP contribution in [0, 0.1) is 0 Å². The number of nitrogens with zero attached hydrogens (tertiary/aromatic N) is 1. The number of hydrogen-bond donors (Lipinski definition) is 1. The van der Waals surface area contributed by atoms with E-state index in [2.05, 4.69) is 0 Å². The molecule has 0 amide bonds. The Hall–Kier alpha value is -2.75. The van der Waals surface area contributed by atoms with Crippen molar-refractivity contribution >= 4 is 16.5 Å². The van der Waals surface area contributed by atoms with Gasteiger partial charge in [0.1, 0.15) is 12.4 Å². The second kappa shape index (κ2) is 5.71. The van der Waals surface area contributed by atoms with Crippen molar-refractivity contribution in [2.45, 2.75) is 6.54 Å². The highest BCUT2D eigenvalue weighted by Crippen LogP contribution is 2.29. The predicted molar refractivity (Wildman–Crippen MR) is 84.6 cm³/mol. The molecule has 0 spiro atoms. The van der Waals surface area contributed by atoms with Gasteiger partial charge in [-0.15, -0.1) is 0 Å². The highest BCUT2D eigenvalue weighted by molar-refractivity contribution is 5.96. The van der Waals surface area contributed by atoms with Crippen molar-refractivity contribution in [1.29, 1.82) is 0 Å². The van der Waals surface area contributed by atoms with E-state index in [9.17, 15) is 4.79 Å². The van der Waals surface area contributed by atoms with Gasteiger partial charge in [0, 0.05) is 28.7 Å². The maximum Gasteiger partial charge on any atom is 0.250 e.